The lowest BCUT2D eigenvalue weighted by molar-refractivity contribution is -0.164. The number of ether oxygens (including phenoxy) is 3. The molecule has 154 valence electrons. The number of carbonyl (C=O) groups is 2. The molecule has 3 rings (SSSR count). The molecule has 1 atom stereocenters. The first-order valence-electron chi connectivity index (χ1n) is 9.46. The van der Waals surface area contributed by atoms with Gasteiger partial charge in [-0.1, -0.05) is 41.9 Å². The van der Waals surface area contributed by atoms with Crippen LogP contribution in [0.4, 0.5) is 0 Å². The lowest BCUT2D eigenvalue weighted by atomic mass is 10.1. The number of benzene rings is 2. The molecule has 0 aliphatic carbocycles. The highest BCUT2D eigenvalue weighted by Crippen LogP contribution is 2.27. The van der Waals surface area contributed by atoms with Crippen molar-refractivity contribution in [3.8, 4) is 5.75 Å². The first-order chi connectivity index (χ1) is 14.0. The number of carbonyl (C=O) groups excluding carboxylic acids is 2. The normalized spacial score (nSPS) is 14.9. The fraction of sp³-hybridized carbons (Fsp3) is 0.364. The Labute approximate surface area is 175 Å². The summed E-state index contributed by atoms with van der Waals surface area (Å²) >= 11 is 6.03. The summed E-state index contributed by atoms with van der Waals surface area (Å²) in [6, 6.07) is 12.5. The number of halogens is 1. The van der Waals surface area contributed by atoms with Crippen LogP contribution in [0, 0.1) is 13.8 Å². The number of hydrogen-bond donors (Lipinski definition) is 0. The number of esters is 1. The van der Waals surface area contributed by atoms with Gasteiger partial charge >= 0.3 is 5.97 Å². The van der Waals surface area contributed by atoms with E-state index in [1.54, 1.807) is 41.3 Å². The molecule has 0 spiro atoms. The summed E-state index contributed by atoms with van der Waals surface area (Å²) in [7, 11) is 0. The Balaban J connectivity index is 1.70. The largest absolute Gasteiger partial charge is 0.481 e. The Morgan fingerprint density at radius 2 is 1.72 bits per heavy atom. The molecule has 6 nitrogen and oxygen atoms in total. The second kappa shape index (κ2) is 9.76. The van der Waals surface area contributed by atoms with Gasteiger partial charge in [-0.3, -0.25) is 4.79 Å². The highest BCUT2D eigenvalue weighted by molar-refractivity contribution is 6.30. The van der Waals surface area contributed by atoms with Crippen molar-refractivity contribution in [2.75, 3.05) is 32.9 Å². The van der Waals surface area contributed by atoms with E-state index < -0.39 is 12.1 Å². The zero-order valence-corrected chi connectivity index (χ0v) is 17.3. The predicted octanol–water partition coefficient (Wildman–Crippen LogP) is 3.48. The molecule has 1 amide bonds. The summed E-state index contributed by atoms with van der Waals surface area (Å²) in [5, 5.41) is 0.607. The van der Waals surface area contributed by atoms with Crippen molar-refractivity contribution < 1.29 is 23.8 Å². The summed E-state index contributed by atoms with van der Waals surface area (Å²) in [6.07, 6.45) is -1.02. The smallest absolute Gasteiger partial charge is 0.345 e. The van der Waals surface area contributed by atoms with E-state index in [0.29, 0.717) is 42.6 Å². The van der Waals surface area contributed by atoms with Crippen molar-refractivity contribution in [2.45, 2.75) is 20.0 Å². The maximum absolute atomic E-state index is 13.0. The third-order valence-electron chi connectivity index (χ3n) is 4.66. The van der Waals surface area contributed by atoms with Crippen LogP contribution in [0.2, 0.25) is 5.02 Å². The summed E-state index contributed by atoms with van der Waals surface area (Å²) < 4.78 is 16.5. The van der Waals surface area contributed by atoms with Gasteiger partial charge in [-0.2, -0.15) is 0 Å². The van der Waals surface area contributed by atoms with Gasteiger partial charge in [0, 0.05) is 23.7 Å². The minimum Gasteiger partial charge on any atom is -0.481 e. The molecule has 1 saturated heterocycles. The second-order valence-electron chi connectivity index (χ2n) is 6.88. The van der Waals surface area contributed by atoms with E-state index in [1.807, 2.05) is 19.9 Å². The molecule has 0 unspecified atom stereocenters. The molecule has 0 saturated carbocycles. The highest BCUT2D eigenvalue weighted by Gasteiger charge is 2.30. The minimum absolute atomic E-state index is 0.258. The molecule has 0 radical (unpaired) electrons. The Hall–Kier alpha value is -2.57. The van der Waals surface area contributed by atoms with Crippen LogP contribution in [-0.2, 0) is 19.1 Å². The standard InChI is InChI=1S/C22H24ClNO5/c1-15-12-18(23)13-16(2)20(15)28-14-19(25)29-21(17-6-4-3-5-7-17)22(26)24-8-10-27-11-9-24/h3-7,12-13,21H,8-11,14H2,1-2H3/t21-/m0/s1. The first-order valence-corrected chi connectivity index (χ1v) is 9.84. The molecule has 0 N–H and O–H groups in total. The molecule has 2 aromatic rings. The van der Waals surface area contributed by atoms with Crippen molar-refractivity contribution in [3.63, 3.8) is 0 Å². The van der Waals surface area contributed by atoms with Crippen molar-refractivity contribution in [1.82, 2.24) is 4.90 Å². The molecule has 0 bridgehead atoms. The minimum atomic E-state index is -1.02. The van der Waals surface area contributed by atoms with Crippen LogP contribution < -0.4 is 4.74 Å². The fourth-order valence-electron chi connectivity index (χ4n) is 3.26. The molecule has 1 aliphatic rings. The van der Waals surface area contributed by atoms with Crippen molar-refractivity contribution in [1.29, 1.82) is 0 Å². The van der Waals surface area contributed by atoms with Crippen LogP contribution in [0.3, 0.4) is 0 Å². The van der Waals surface area contributed by atoms with Gasteiger partial charge in [0.05, 0.1) is 13.2 Å². The monoisotopic (exact) mass is 417 g/mol. The Kier molecular flexibility index (Phi) is 7.12. The molecule has 1 heterocycles. The van der Waals surface area contributed by atoms with E-state index in [0.717, 1.165) is 11.1 Å². The van der Waals surface area contributed by atoms with Crippen LogP contribution in [0.15, 0.2) is 42.5 Å². The summed E-state index contributed by atoms with van der Waals surface area (Å²) in [5.41, 5.74) is 2.27. The Bertz CT molecular complexity index is 842. The zero-order chi connectivity index (χ0) is 20.8. The molecular formula is C22H24ClNO5. The predicted molar refractivity (Wildman–Crippen MR) is 109 cm³/mol. The summed E-state index contributed by atoms with van der Waals surface area (Å²) in [5.74, 6) is -0.289. The van der Waals surface area contributed by atoms with Gasteiger partial charge in [-0.05, 0) is 37.1 Å². The summed E-state index contributed by atoms with van der Waals surface area (Å²) in [4.78, 5) is 27.2. The lowest BCUT2D eigenvalue weighted by Crippen LogP contribution is -2.44. The second-order valence-corrected chi connectivity index (χ2v) is 7.31. The number of aryl methyl sites for hydroxylation is 2. The lowest BCUT2D eigenvalue weighted by Gasteiger charge is -2.30. The quantitative estimate of drug-likeness (QED) is 0.673. The average Bonchev–Trinajstić information content (AvgIpc) is 2.72. The third-order valence-corrected chi connectivity index (χ3v) is 4.88. The van der Waals surface area contributed by atoms with Gasteiger partial charge < -0.3 is 19.1 Å². The van der Waals surface area contributed by atoms with E-state index in [2.05, 4.69) is 0 Å². The van der Waals surface area contributed by atoms with E-state index in [-0.39, 0.29) is 12.5 Å². The number of rotatable bonds is 6. The molecular weight excluding hydrogens is 394 g/mol. The van der Waals surface area contributed by atoms with Gasteiger partial charge in [0.15, 0.2) is 6.61 Å². The molecule has 0 aromatic heterocycles. The van der Waals surface area contributed by atoms with Crippen LogP contribution in [0.5, 0.6) is 5.75 Å². The van der Waals surface area contributed by atoms with E-state index in [9.17, 15) is 9.59 Å². The Morgan fingerprint density at radius 1 is 1.10 bits per heavy atom. The zero-order valence-electron chi connectivity index (χ0n) is 16.5. The van der Waals surface area contributed by atoms with Gasteiger partial charge in [0.2, 0.25) is 6.10 Å². The van der Waals surface area contributed by atoms with Crippen LogP contribution >= 0.6 is 11.6 Å². The average molecular weight is 418 g/mol. The van der Waals surface area contributed by atoms with E-state index >= 15 is 0 Å². The first kappa shape index (κ1) is 21.1. The maximum atomic E-state index is 13.0. The molecule has 1 aliphatic heterocycles. The van der Waals surface area contributed by atoms with E-state index in [4.69, 9.17) is 25.8 Å². The SMILES string of the molecule is Cc1cc(Cl)cc(C)c1OCC(=O)O[C@H](C(=O)N1CCOCC1)c1ccccc1. The van der Waals surface area contributed by atoms with Gasteiger partial charge in [0.1, 0.15) is 5.75 Å². The van der Waals surface area contributed by atoms with Crippen molar-refractivity contribution >= 4 is 23.5 Å². The van der Waals surface area contributed by atoms with Gasteiger partial charge in [-0.25, -0.2) is 4.79 Å². The Morgan fingerprint density at radius 3 is 2.34 bits per heavy atom. The van der Waals surface area contributed by atoms with Gasteiger partial charge in [0.25, 0.3) is 5.91 Å². The maximum Gasteiger partial charge on any atom is 0.345 e. The number of amides is 1. The number of hydrogen-bond acceptors (Lipinski definition) is 5. The van der Waals surface area contributed by atoms with Crippen LogP contribution in [0.1, 0.15) is 22.8 Å². The molecule has 29 heavy (non-hydrogen) atoms. The van der Waals surface area contributed by atoms with Crippen LogP contribution in [-0.4, -0.2) is 49.7 Å². The molecule has 7 heteroatoms. The number of morpholine rings is 1. The van der Waals surface area contributed by atoms with E-state index in [1.165, 1.54) is 0 Å². The summed E-state index contributed by atoms with van der Waals surface area (Å²) in [6.45, 7) is 5.29. The van der Waals surface area contributed by atoms with Crippen molar-refractivity contribution in [3.05, 3.63) is 64.2 Å². The molecule has 1 fully saturated rings. The fourth-order valence-corrected chi connectivity index (χ4v) is 3.59. The highest BCUT2D eigenvalue weighted by atomic mass is 35.5. The third kappa shape index (κ3) is 5.49. The topological polar surface area (TPSA) is 65.1 Å². The van der Waals surface area contributed by atoms with Crippen molar-refractivity contribution in [2.24, 2.45) is 0 Å². The number of nitrogens with zero attached hydrogens (tertiary/aromatic N) is 1. The van der Waals surface area contributed by atoms with Crippen LogP contribution in [0.25, 0.3) is 0 Å². The van der Waals surface area contributed by atoms with Gasteiger partial charge in [-0.15, -0.1) is 0 Å². The molecule has 2 aromatic carbocycles.